The van der Waals surface area contributed by atoms with Crippen molar-refractivity contribution in [2.75, 3.05) is 26.0 Å². The van der Waals surface area contributed by atoms with E-state index in [9.17, 15) is 18.3 Å². The summed E-state index contributed by atoms with van der Waals surface area (Å²) in [6.45, 7) is 8.21. The van der Waals surface area contributed by atoms with Gasteiger partial charge in [-0.1, -0.05) is 0 Å². The molecule has 7 nitrogen and oxygen atoms in total. The van der Waals surface area contributed by atoms with E-state index in [2.05, 4.69) is 0 Å². The van der Waals surface area contributed by atoms with Crippen molar-refractivity contribution in [3.8, 4) is 0 Å². The Kier molecular flexibility index (Phi) is 5.41. The number of nitrogens with zero attached hydrogens (tertiary/aromatic N) is 1. The summed E-state index contributed by atoms with van der Waals surface area (Å²) in [5.74, 6) is 0. The molecule has 1 rings (SSSR count). The molecule has 1 amide bonds. The van der Waals surface area contributed by atoms with Crippen LogP contribution in [-0.2, 0) is 19.0 Å². The van der Waals surface area contributed by atoms with Crippen molar-refractivity contribution in [1.82, 2.24) is 0 Å². The Morgan fingerprint density at radius 1 is 1.38 bits per heavy atom. The van der Waals surface area contributed by atoms with Crippen molar-refractivity contribution in [3.05, 3.63) is 0 Å². The Hall–Kier alpha value is -0.700. The van der Waals surface area contributed by atoms with E-state index in [-0.39, 0.29) is 23.7 Å². The molecule has 0 saturated carbocycles. The molecule has 3 atom stereocenters. The molecule has 0 aliphatic carbocycles. The second-order valence-corrected chi connectivity index (χ2v) is 8.08. The molecule has 1 N–H and O–H groups in total. The van der Waals surface area contributed by atoms with E-state index in [1.165, 1.54) is 0 Å². The van der Waals surface area contributed by atoms with E-state index >= 15 is 0 Å². The van der Waals surface area contributed by atoms with Crippen LogP contribution in [-0.4, -0.2) is 67.8 Å². The minimum atomic E-state index is -3.62. The molecule has 0 aromatic rings. The van der Waals surface area contributed by atoms with E-state index in [1.807, 2.05) is 27.7 Å². The molecule has 1 fully saturated rings. The Bertz CT molecular complexity index is 483. The van der Waals surface area contributed by atoms with Crippen LogP contribution in [0, 0.1) is 0 Å². The second-order valence-electron chi connectivity index (χ2n) is 6.48. The Labute approximate surface area is 126 Å². The number of rotatable bonds is 5. The molecule has 0 spiro atoms. The molecule has 0 aromatic heterocycles. The fraction of sp³-hybridized carbons (Fsp3) is 0.923. The van der Waals surface area contributed by atoms with Crippen LogP contribution in [0.5, 0.6) is 0 Å². The van der Waals surface area contributed by atoms with Crippen LogP contribution in [0.15, 0.2) is 0 Å². The van der Waals surface area contributed by atoms with Gasteiger partial charge in [0, 0.05) is 13.0 Å². The maximum absolute atomic E-state index is 12.0. The summed E-state index contributed by atoms with van der Waals surface area (Å²) in [5, 5.41) is 9.80. The number of carbonyl (C=O) groups is 1. The third kappa shape index (κ3) is 3.94. The summed E-state index contributed by atoms with van der Waals surface area (Å²) in [6, 6.07) is -0.339. The zero-order valence-electron chi connectivity index (χ0n) is 13.3. The summed E-state index contributed by atoms with van der Waals surface area (Å²) in [4.78, 5) is 12.0. The number of hydrogen-bond acceptors (Lipinski definition) is 5. The fourth-order valence-corrected chi connectivity index (χ4v) is 3.77. The van der Waals surface area contributed by atoms with Gasteiger partial charge >= 0.3 is 6.09 Å². The highest BCUT2D eigenvalue weighted by Gasteiger charge is 2.60. The summed E-state index contributed by atoms with van der Waals surface area (Å²) >= 11 is 0. The smallest absolute Gasteiger partial charge is 0.435 e. The standard InChI is InChI=1S/C13H25NO6S/c1-6-19-9-10-7-11(20-21(5,17)18)8-14(10,12(15)16)13(2,3)4/h10-11H,6-9H2,1-5H3/p+1/t10-,11+,14?/m1/s1. The van der Waals surface area contributed by atoms with Crippen LogP contribution in [0.25, 0.3) is 0 Å². The molecule has 1 unspecified atom stereocenters. The molecular formula is C13H26NO6S+. The lowest BCUT2D eigenvalue weighted by Crippen LogP contribution is -2.67. The first-order valence-electron chi connectivity index (χ1n) is 7.01. The monoisotopic (exact) mass is 324 g/mol. The molecule has 1 heterocycles. The third-order valence-electron chi connectivity index (χ3n) is 4.01. The van der Waals surface area contributed by atoms with E-state index in [0.29, 0.717) is 13.0 Å². The van der Waals surface area contributed by atoms with E-state index in [4.69, 9.17) is 8.92 Å². The summed E-state index contributed by atoms with van der Waals surface area (Å²) in [7, 11) is -3.62. The lowest BCUT2D eigenvalue weighted by Gasteiger charge is -2.44. The lowest BCUT2D eigenvalue weighted by atomic mass is 10.00. The van der Waals surface area contributed by atoms with Gasteiger partial charge in [0.25, 0.3) is 10.1 Å². The summed E-state index contributed by atoms with van der Waals surface area (Å²) < 4.78 is 32.9. The number of likely N-dealkylation sites (tertiary alicyclic amines) is 1. The molecular weight excluding hydrogens is 298 g/mol. The van der Waals surface area contributed by atoms with Crippen LogP contribution in [0.4, 0.5) is 4.79 Å². The first-order chi connectivity index (χ1) is 9.44. The normalized spacial score (nSPS) is 30.5. The number of amides is 1. The van der Waals surface area contributed by atoms with Crippen LogP contribution in [0.1, 0.15) is 34.1 Å². The van der Waals surface area contributed by atoms with Gasteiger partial charge in [0.2, 0.25) is 0 Å². The van der Waals surface area contributed by atoms with E-state index < -0.39 is 27.9 Å². The van der Waals surface area contributed by atoms with Gasteiger partial charge in [-0.15, -0.1) is 0 Å². The zero-order valence-corrected chi connectivity index (χ0v) is 14.1. The maximum atomic E-state index is 12.0. The Balaban J connectivity index is 3.14. The van der Waals surface area contributed by atoms with Crippen molar-refractivity contribution in [2.45, 2.75) is 51.8 Å². The predicted octanol–water partition coefficient (Wildman–Crippen LogP) is 1.43. The number of carboxylic acid groups (broad SMARTS) is 1. The van der Waals surface area contributed by atoms with E-state index in [1.54, 1.807) is 0 Å². The predicted molar refractivity (Wildman–Crippen MR) is 77.5 cm³/mol. The highest BCUT2D eigenvalue weighted by atomic mass is 32.2. The molecule has 0 bridgehead atoms. The molecule has 8 heteroatoms. The van der Waals surface area contributed by atoms with Crippen molar-refractivity contribution < 1.29 is 31.7 Å². The molecule has 21 heavy (non-hydrogen) atoms. The molecule has 0 aromatic carbocycles. The van der Waals surface area contributed by atoms with Gasteiger partial charge in [0.15, 0.2) is 0 Å². The molecule has 124 valence electrons. The highest BCUT2D eigenvalue weighted by molar-refractivity contribution is 7.86. The molecule has 1 aliphatic rings. The highest BCUT2D eigenvalue weighted by Crippen LogP contribution is 2.38. The van der Waals surface area contributed by atoms with Gasteiger partial charge in [-0.25, -0.2) is 4.48 Å². The fourth-order valence-electron chi connectivity index (χ4n) is 3.14. The largest absolute Gasteiger partial charge is 0.514 e. The first kappa shape index (κ1) is 18.3. The zero-order chi connectivity index (χ0) is 16.5. The van der Waals surface area contributed by atoms with Gasteiger partial charge in [-0.3, -0.25) is 4.18 Å². The summed E-state index contributed by atoms with van der Waals surface area (Å²) in [5.41, 5.74) is -0.594. The number of hydrogen-bond donors (Lipinski definition) is 1. The number of ether oxygens (including phenoxy) is 1. The SMILES string of the molecule is CCOC[C@H]1C[C@H](OS(C)(=O)=O)C[N+]1(C(=O)O)C(C)(C)C. The minimum absolute atomic E-state index is 0.115. The average Bonchev–Trinajstić information content (AvgIpc) is 2.62. The van der Waals surface area contributed by atoms with Crippen molar-refractivity contribution >= 4 is 16.2 Å². The molecule has 0 radical (unpaired) electrons. The number of quaternary nitrogens is 1. The Morgan fingerprint density at radius 2 is 1.95 bits per heavy atom. The quantitative estimate of drug-likeness (QED) is 0.608. The van der Waals surface area contributed by atoms with Gasteiger partial charge in [0.05, 0.1) is 12.9 Å². The van der Waals surface area contributed by atoms with Crippen LogP contribution in [0.2, 0.25) is 0 Å². The van der Waals surface area contributed by atoms with Crippen LogP contribution < -0.4 is 0 Å². The molecule has 1 saturated heterocycles. The van der Waals surface area contributed by atoms with Gasteiger partial charge < -0.3 is 9.84 Å². The summed E-state index contributed by atoms with van der Waals surface area (Å²) in [6.07, 6.45) is -0.293. The maximum Gasteiger partial charge on any atom is 0.514 e. The third-order valence-corrected chi connectivity index (χ3v) is 4.64. The van der Waals surface area contributed by atoms with Crippen LogP contribution >= 0.6 is 0 Å². The second kappa shape index (κ2) is 6.20. The van der Waals surface area contributed by atoms with Crippen molar-refractivity contribution in [1.29, 1.82) is 0 Å². The van der Waals surface area contributed by atoms with Gasteiger partial charge in [0.1, 0.15) is 24.2 Å². The van der Waals surface area contributed by atoms with Crippen LogP contribution in [0.3, 0.4) is 0 Å². The van der Waals surface area contributed by atoms with Gasteiger partial charge in [-0.2, -0.15) is 13.2 Å². The van der Waals surface area contributed by atoms with E-state index in [0.717, 1.165) is 6.26 Å². The molecule has 1 aliphatic heterocycles. The average molecular weight is 324 g/mol. The lowest BCUT2D eigenvalue weighted by molar-refractivity contribution is -0.916. The Morgan fingerprint density at radius 3 is 2.33 bits per heavy atom. The topological polar surface area (TPSA) is 89.9 Å². The van der Waals surface area contributed by atoms with Crippen molar-refractivity contribution in [2.24, 2.45) is 0 Å². The van der Waals surface area contributed by atoms with Crippen molar-refractivity contribution in [3.63, 3.8) is 0 Å². The van der Waals surface area contributed by atoms with Gasteiger partial charge in [-0.05, 0) is 27.7 Å². The minimum Gasteiger partial charge on any atom is -0.435 e. The first-order valence-corrected chi connectivity index (χ1v) is 8.83.